The Hall–Kier alpha value is -1.90. The molecule has 0 aliphatic rings. The van der Waals surface area contributed by atoms with E-state index >= 15 is 0 Å². The summed E-state index contributed by atoms with van der Waals surface area (Å²) in [7, 11) is 0. The van der Waals surface area contributed by atoms with Crippen molar-refractivity contribution in [3.8, 4) is 0 Å². The first-order valence-corrected chi connectivity index (χ1v) is 11.1. The van der Waals surface area contributed by atoms with Crippen molar-refractivity contribution in [2.45, 2.75) is 62.5 Å². The number of aromatic nitrogens is 1. The number of hydrogen-bond donors (Lipinski definition) is 1. The summed E-state index contributed by atoms with van der Waals surface area (Å²) >= 11 is 3.72. The number of carbonyl (C=O) groups is 3. The molecule has 1 aromatic heterocycles. The highest BCUT2D eigenvalue weighted by atomic mass is 79.9. The number of nitrogens with zero attached hydrogens (tertiary/aromatic N) is 1. The van der Waals surface area contributed by atoms with E-state index in [0.717, 1.165) is 24.9 Å². The van der Waals surface area contributed by atoms with Crippen LogP contribution in [0.1, 0.15) is 33.4 Å². The van der Waals surface area contributed by atoms with Crippen LogP contribution in [0.4, 0.5) is 13.2 Å². The van der Waals surface area contributed by atoms with Crippen molar-refractivity contribution in [1.29, 1.82) is 0 Å². The average Bonchev–Trinajstić information content (AvgIpc) is 2.66. The summed E-state index contributed by atoms with van der Waals surface area (Å²) in [5.41, 5.74) is 3.53. The Bertz CT molecular complexity index is 844. The Morgan fingerprint density at radius 1 is 1.12 bits per heavy atom. The minimum Gasteiger partial charge on any atom is -0.463 e. The average molecular weight is 561 g/mol. The number of rotatable bonds is 11. The maximum absolute atomic E-state index is 13.0. The van der Waals surface area contributed by atoms with Gasteiger partial charge in [-0.2, -0.15) is 13.2 Å². The fourth-order valence-corrected chi connectivity index (χ4v) is 4.25. The lowest BCUT2D eigenvalue weighted by atomic mass is 10.2. The minimum atomic E-state index is -4.66. The largest absolute Gasteiger partial charge is 0.463 e. The number of ether oxygens (including phenoxy) is 4. The summed E-state index contributed by atoms with van der Waals surface area (Å²) < 4.78 is 59.9. The third kappa shape index (κ3) is 10.3. The molecule has 2 N–H and O–H groups in total. The molecular weight excluding hydrogens is 537 g/mol. The van der Waals surface area contributed by atoms with Gasteiger partial charge in [-0.15, -0.1) is 0 Å². The van der Waals surface area contributed by atoms with Gasteiger partial charge in [0.05, 0.1) is 0 Å². The highest BCUT2D eigenvalue weighted by molar-refractivity contribution is 9.10. The second kappa shape index (κ2) is 13.1. The molecule has 1 heterocycles. The minimum absolute atomic E-state index is 0.200. The van der Waals surface area contributed by atoms with E-state index < -0.39 is 53.5 Å². The van der Waals surface area contributed by atoms with E-state index in [-0.39, 0.29) is 22.5 Å². The van der Waals surface area contributed by atoms with E-state index in [1.165, 1.54) is 26.8 Å². The van der Waals surface area contributed by atoms with E-state index in [9.17, 15) is 27.6 Å². The second-order valence-corrected chi connectivity index (χ2v) is 8.69. The molecule has 1 rings (SSSR count). The van der Waals surface area contributed by atoms with Crippen LogP contribution in [0.15, 0.2) is 21.6 Å². The summed E-state index contributed by atoms with van der Waals surface area (Å²) in [5, 5.41) is 0. The van der Waals surface area contributed by atoms with Crippen molar-refractivity contribution in [2.24, 2.45) is 5.73 Å². The van der Waals surface area contributed by atoms with Crippen molar-refractivity contribution in [1.82, 2.24) is 4.98 Å². The van der Waals surface area contributed by atoms with Crippen molar-refractivity contribution in [3.63, 3.8) is 0 Å². The summed E-state index contributed by atoms with van der Waals surface area (Å²) in [6.07, 6.45) is -6.63. The molecular formula is C19H24BrF3N2O7S. The summed E-state index contributed by atoms with van der Waals surface area (Å²) in [4.78, 5) is 37.8. The molecule has 0 saturated heterocycles. The van der Waals surface area contributed by atoms with Gasteiger partial charge in [-0.05, 0) is 28.9 Å². The van der Waals surface area contributed by atoms with Crippen LogP contribution in [0.2, 0.25) is 0 Å². The van der Waals surface area contributed by atoms with Gasteiger partial charge in [0.25, 0.3) is 0 Å². The van der Waals surface area contributed by atoms with Crippen LogP contribution in [0.3, 0.4) is 0 Å². The molecule has 14 heteroatoms. The summed E-state index contributed by atoms with van der Waals surface area (Å²) in [5.74, 6) is -1.90. The molecule has 0 saturated carbocycles. The van der Waals surface area contributed by atoms with E-state index in [4.69, 9.17) is 24.7 Å². The van der Waals surface area contributed by atoms with E-state index in [1.54, 1.807) is 0 Å². The summed E-state index contributed by atoms with van der Waals surface area (Å²) in [6, 6.07) is 1.18. The second-order valence-electron chi connectivity index (χ2n) is 6.66. The van der Waals surface area contributed by atoms with Crippen LogP contribution in [0.25, 0.3) is 0 Å². The van der Waals surface area contributed by atoms with Crippen molar-refractivity contribution in [3.05, 3.63) is 22.4 Å². The maximum Gasteiger partial charge on any atom is 0.434 e. The predicted octanol–water partition coefficient (Wildman–Crippen LogP) is 3.07. The first-order valence-electron chi connectivity index (χ1n) is 9.47. The third-order valence-corrected chi connectivity index (χ3v) is 5.57. The quantitative estimate of drug-likeness (QED) is 0.186. The topological polar surface area (TPSA) is 127 Å². The van der Waals surface area contributed by atoms with Crippen LogP contribution in [-0.4, -0.2) is 59.8 Å². The number of halogens is 4. The molecule has 4 atom stereocenters. The Balaban J connectivity index is 3.25. The Kier molecular flexibility index (Phi) is 11.6. The monoisotopic (exact) mass is 560 g/mol. The lowest BCUT2D eigenvalue weighted by Crippen LogP contribution is -2.44. The van der Waals surface area contributed by atoms with Gasteiger partial charge < -0.3 is 24.7 Å². The highest BCUT2D eigenvalue weighted by Gasteiger charge is 2.36. The van der Waals surface area contributed by atoms with Gasteiger partial charge in [0, 0.05) is 42.9 Å². The van der Waals surface area contributed by atoms with Crippen LogP contribution in [0.5, 0.6) is 0 Å². The van der Waals surface area contributed by atoms with Gasteiger partial charge in [0.2, 0.25) is 0 Å². The van der Waals surface area contributed by atoms with Crippen LogP contribution in [0, 0.1) is 0 Å². The number of pyridine rings is 1. The molecule has 0 aliphatic carbocycles. The number of alkyl halides is 3. The molecule has 0 amide bonds. The SMILES string of the molecule is CC(=O)OCC(OC(Sc1cnc(C(F)(F)F)c(Br)c1)[C@H](CN)OC(C)=O)[C@@H](C)OC(C)=O. The number of carbonyl (C=O) groups excluding carboxylic acids is 3. The molecule has 2 unspecified atom stereocenters. The van der Waals surface area contributed by atoms with E-state index in [0.29, 0.717) is 0 Å². The molecule has 0 aromatic carbocycles. The first kappa shape index (κ1) is 29.1. The van der Waals surface area contributed by atoms with Gasteiger partial charge in [0.15, 0.2) is 5.69 Å². The molecule has 186 valence electrons. The van der Waals surface area contributed by atoms with Crippen molar-refractivity contribution < 1.29 is 46.5 Å². The van der Waals surface area contributed by atoms with Crippen molar-refractivity contribution >= 4 is 45.6 Å². The fourth-order valence-electron chi connectivity index (χ4n) is 2.44. The molecule has 0 radical (unpaired) electrons. The number of esters is 3. The van der Waals surface area contributed by atoms with Gasteiger partial charge >= 0.3 is 24.1 Å². The van der Waals surface area contributed by atoms with Crippen molar-refractivity contribution in [2.75, 3.05) is 13.2 Å². The van der Waals surface area contributed by atoms with Crippen LogP contribution in [-0.2, 0) is 39.5 Å². The zero-order chi connectivity index (χ0) is 25.3. The van der Waals surface area contributed by atoms with Crippen LogP contribution < -0.4 is 5.73 Å². The number of nitrogens with two attached hydrogens (primary N) is 1. The smallest absolute Gasteiger partial charge is 0.434 e. The zero-order valence-electron chi connectivity index (χ0n) is 18.2. The van der Waals surface area contributed by atoms with Gasteiger partial charge in [0.1, 0.15) is 30.4 Å². The third-order valence-electron chi connectivity index (χ3n) is 3.83. The molecule has 0 bridgehead atoms. The molecule has 33 heavy (non-hydrogen) atoms. The highest BCUT2D eigenvalue weighted by Crippen LogP contribution is 2.37. The van der Waals surface area contributed by atoms with Gasteiger partial charge in [-0.1, -0.05) is 11.8 Å². The van der Waals surface area contributed by atoms with E-state index in [1.807, 2.05) is 0 Å². The Morgan fingerprint density at radius 3 is 2.18 bits per heavy atom. The Labute approximate surface area is 201 Å². The lowest BCUT2D eigenvalue weighted by Gasteiger charge is -2.31. The predicted molar refractivity (Wildman–Crippen MR) is 114 cm³/mol. The molecule has 1 aromatic rings. The maximum atomic E-state index is 13.0. The van der Waals surface area contributed by atoms with Crippen LogP contribution >= 0.6 is 27.7 Å². The molecule has 0 aliphatic heterocycles. The van der Waals surface area contributed by atoms with Gasteiger partial charge in [-0.25, -0.2) is 4.98 Å². The number of thioether (sulfide) groups is 1. The standard InChI is InChI=1S/C19H24BrF3N2O7S/c1-9(30-11(3)27)16(8-29-10(2)26)32-18(15(6-24)31-12(4)28)33-13-5-14(20)17(25-7-13)19(21,22)23/h5,7,9,15-16,18H,6,8,24H2,1-4H3/t9-,15+,16?,18?/m1/s1. The molecule has 0 fully saturated rings. The first-order chi connectivity index (χ1) is 15.2. The zero-order valence-corrected chi connectivity index (χ0v) is 20.6. The summed E-state index contributed by atoms with van der Waals surface area (Å²) in [6.45, 7) is 4.49. The number of hydrogen-bond acceptors (Lipinski definition) is 10. The molecule has 0 spiro atoms. The Morgan fingerprint density at radius 2 is 1.73 bits per heavy atom. The van der Waals surface area contributed by atoms with E-state index in [2.05, 4.69) is 20.9 Å². The molecule has 9 nitrogen and oxygen atoms in total. The van der Waals surface area contributed by atoms with Gasteiger partial charge in [-0.3, -0.25) is 14.4 Å². The lowest BCUT2D eigenvalue weighted by molar-refractivity contribution is -0.169. The fraction of sp³-hybridized carbons (Fsp3) is 0.579. The normalized spacial score (nSPS) is 15.2.